The number of primary amides is 1. The molecular formula is C18H20N2O4. The summed E-state index contributed by atoms with van der Waals surface area (Å²) in [5.41, 5.74) is 6.50. The molecule has 6 nitrogen and oxygen atoms in total. The van der Waals surface area contributed by atoms with Gasteiger partial charge in [0.1, 0.15) is 13.2 Å². The fourth-order valence-corrected chi connectivity index (χ4v) is 2.09. The zero-order chi connectivity index (χ0) is 18.1. The molecule has 2 atom stereocenters. The van der Waals surface area contributed by atoms with Crippen LogP contribution in [0.3, 0.4) is 0 Å². The van der Waals surface area contributed by atoms with Crippen molar-refractivity contribution in [1.29, 1.82) is 0 Å². The molecule has 0 aliphatic carbocycles. The molecule has 0 radical (unpaired) electrons. The maximum atomic E-state index is 12.0. The Morgan fingerprint density at radius 3 is 2.17 bits per heavy atom. The van der Waals surface area contributed by atoms with Crippen LogP contribution in [0.1, 0.15) is 12.5 Å². The minimum absolute atomic E-state index is 0.0899. The van der Waals surface area contributed by atoms with E-state index in [0.29, 0.717) is 12.0 Å². The first kappa shape index (κ1) is 15.9. The Morgan fingerprint density at radius 2 is 1.58 bits per heavy atom. The van der Waals surface area contributed by atoms with Crippen molar-refractivity contribution in [2.75, 3.05) is 6.61 Å². The van der Waals surface area contributed by atoms with Crippen LogP contribution in [0, 0.1) is 0 Å². The summed E-state index contributed by atoms with van der Waals surface area (Å²) >= 11 is 0. The average molecular weight is 329 g/mol. The summed E-state index contributed by atoms with van der Waals surface area (Å²) in [4.78, 5) is 22.9. The molecule has 0 aromatic heterocycles. The van der Waals surface area contributed by atoms with Gasteiger partial charge in [0, 0.05) is 0 Å². The van der Waals surface area contributed by atoms with Crippen LogP contribution in [-0.4, -0.2) is 24.8 Å². The number of amides is 2. The van der Waals surface area contributed by atoms with Crippen LogP contribution in [-0.2, 0) is 22.5 Å². The van der Waals surface area contributed by atoms with E-state index in [-0.39, 0.29) is 6.61 Å². The molecule has 1 unspecified atom stereocenters. The van der Waals surface area contributed by atoms with Crippen molar-refractivity contribution in [3.63, 3.8) is 0 Å². The third-order valence-electron chi connectivity index (χ3n) is 3.18. The van der Waals surface area contributed by atoms with E-state index < -0.39 is 24.8 Å². The van der Waals surface area contributed by atoms with Gasteiger partial charge in [-0.3, -0.25) is 0 Å². The van der Waals surface area contributed by atoms with Crippen LogP contribution in [0.4, 0.5) is 9.59 Å². The van der Waals surface area contributed by atoms with Crippen molar-refractivity contribution in [2.45, 2.75) is 19.0 Å². The molecule has 0 aliphatic heterocycles. The summed E-state index contributed by atoms with van der Waals surface area (Å²) in [6.45, 7) is -1.23. The highest BCUT2D eigenvalue weighted by molar-refractivity contribution is 5.68. The molecule has 3 N–H and O–H groups in total. The molecular weight excluding hydrogens is 308 g/mol. The fraction of sp³-hybridized carbons (Fsp3) is 0.222. The first-order valence-electron chi connectivity index (χ1n) is 8.03. The minimum Gasteiger partial charge on any atom is -0.448 e. The van der Waals surface area contributed by atoms with E-state index in [2.05, 4.69) is 5.32 Å². The maximum Gasteiger partial charge on any atom is 0.407 e. The average Bonchev–Trinajstić information content (AvgIpc) is 2.61. The van der Waals surface area contributed by atoms with Gasteiger partial charge in [-0.05, 0) is 17.5 Å². The topological polar surface area (TPSA) is 90.7 Å². The summed E-state index contributed by atoms with van der Waals surface area (Å²) in [7, 11) is 0. The van der Waals surface area contributed by atoms with Gasteiger partial charge in [-0.25, -0.2) is 9.59 Å². The standard InChI is InChI=1S/C18H20N2O4/c19-17(21)23-13-16(11-14-7-3-1-4-8-14)20-18(22)24-12-15-9-5-2-6-10-15/h1-10,16H,11-13H2,(H2,19,21)(H,20,22)/t16-/m0/s1/i12D/t12?,16-. The number of carbonyl (C=O) groups excluding carboxylic acids is 2. The minimum atomic E-state index is -1.14. The Labute approximate surface area is 142 Å². The van der Waals surface area contributed by atoms with E-state index >= 15 is 0 Å². The number of nitrogens with one attached hydrogen (secondary N) is 1. The molecule has 2 amide bonds. The van der Waals surface area contributed by atoms with Crippen LogP contribution in [0.2, 0.25) is 0 Å². The largest absolute Gasteiger partial charge is 0.448 e. The van der Waals surface area contributed by atoms with Gasteiger partial charge in [0.25, 0.3) is 0 Å². The molecule has 0 aliphatic rings. The maximum absolute atomic E-state index is 12.0. The van der Waals surface area contributed by atoms with E-state index in [1.54, 1.807) is 24.3 Å². The van der Waals surface area contributed by atoms with E-state index in [9.17, 15) is 9.59 Å². The molecule has 2 aromatic rings. The highest BCUT2D eigenvalue weighted by Gasteiger charge is 2.16. The summed E-state index contributed by atoms with van der Waals surface area (Å²) in [5, 5.41) is 2.61. The lowest BCUT2D eigenvalue weighted by molar-refractivity contribution is 0.119. The first-order chi connectivity index (χ1) is 12.0. The summed E-state index contributed by atoms with van der Waals surface area (Å²) in [6.07, 6.45) is -1.26. The van der Waals surface area contributed by atoms with Crippen LogP contribution >= 0.6 is 0 Å². The second-order valence-corrected chi connectivity index (χ2v) is 5.09. The van der Waals surface area contributed by atoms with Crippen LogP contribution in [0.15, 0.2) is 60.7 Å². The summed E-state index contributed by atoms with van der Waals surface area (Å²) < 4.78 is 17.7. The lowest BCUT2D eigenvalue weighted by Gasteiger charge is -2.18. The molecule has 0 heterocycles. The number of carbonyl (C=O) groups is 2. The lowest BCUT2D eigenvalue weighted by atomic mass is 10.1. The van der Waals surface area contributed by atoms with Gasteiger partial charge in [0.15, 0.2) is 0 Å². The normalized spacial score (nSPS) is 13.2. The fourth-order valence-electron chi connectivity index (χ4n) is 2.09. The Hall–Kier alpha value is -3.02. The molecule has 2 aromatic carbocycles. The highest BCUT2D eigenvalue weighted by atomic mass is 16.6. The number of nitrogens with two attached hydrogens (primary N) is 1. The smallest absolute Gasteiger partial charge is 0.407 e. The van der Waals surface area contributed by atoms with Crippen LogP contribution < -0.4 is 11.1 Å². The van der Waals surface area contributed by atoms with Crippen molar-refractivity contribution in [3.05, 3.63) is 71.8 Å². The van der Waals surface area contributed by atoms with E-state index in [4.69, 9.17) is 16.6 Å². The van der Waals surface area contributed by atoms with Crippen molar-refractivity contribution in [2.24, 2.45) is 5.73 Å². The number of alkyl carbamates (subject to hydrolysis) is 1. The number of hydrogen-bond acceptors (Lipinski definition) is 4. The lowest BCUT2D eigenvalue weighted by Crippen LogP contribution is -2.41. The summed E-state index contributed by atoms with van der Waals surface area (Å²) in [6, 6.07) is 17.6. The molecule has 0 saturated heterocycles. The quantitative estimate of drug-likeness (QED) is 0.817. The Morgan fingerprint density at radius 1 is 1.00 bits per heavy atom. The molecule has 0 fully saturated rings. The number of hydrogen-bond donors (Lipinski definition) is 2. The van der Waals surface area contributed by atoms with Gasteiger partial charge in [-0.15, -0.1) is 0 Å². The SMILES string of the molecule is [2H]C(OC(=O)N[C@H](COC(N)=O)Cc1ccccc1)c1ccccc1. The molecule has 0 bridgehead atoms. The van der Waals surface area contributed by atoms with Crippen molar-refractivity contribution < 1.29 is 20.4 Å². The van der Waals surface area contributed by atoms with E-state index in [0.717, 1.165) is 5.56 Å². The molecule has 126 valence electrons. The second kappa shape index (κ2) is 9.19. The first-order valence-corrected chi connectivity index (χ1v) is 7.45. The monoisotopic (exact) mass is 329 g/mol. The highest BCUT2D eigenvalue weighted by Crippen LogP contribution is 2.05. The number of rotatable bonds is 7. The zero-order valence-electron chi connectivity index (χ0n) is 14.1. The van der Waals surface area contributed by atoms with Gasteiger partial charge in [0.05, 0.1) is 7.41 Å². The summed E-state index contributed by atoms with van der Waals surface area (Å²) in [5.74, 6) is 0. The number of ether oxygens (including phenoxy) is 2. The van der Waals surface area contributed by atoms with Crippen LogP contribution in [0.25, 0.3) is 0 Å². The van der Waals surface area contributed by atoms with Crippen molar-refractivity contribution in [1.82, 2.24) is 5.32 Å². The third kappa shape index (κ3) is 6.39. The number of benzene rings is 2. The molecule has 2 rings (SSSR count). The van der Waals surface area contributed by atoms with Gasteiger partial charge in [-0.1, -0.05) is 60.7 Å². The van der Waals surface area contributed by atoms with E-state index in [1.807, 2.05) is 36.4 Å². The van der Waals surface area contributed by atoms with Gasteiger partial charge >= 0.3 is 12.2 Å². The molecule has 24 heavy (non-hydrogen) atoms. The molecule has 0 saturated carbocycles. The molecule has 6 heteroatoms. The Bertz CT molecular complexity index is 682. The Balaban J connectivity index is 1.94. The predicted octanol–water partition coefficient (Wildman–Crippen LogP) is 2.62. The third-order valence-corrected chi connectivity index (χ3v) is 3.18. The zero-order valence-corrected chi connectivity index (χ0v) is 13.1. The van der Waals surface area contributed by atoms with Gasteiger partial charge in [0.2, 0.25) is 0 Å². The predicted molar refractivity (Wildman–Crippen MR) is 89.2 cm³/mol. The van der Waals surface area contributed by atoms with E-state index in [1.165, 1.54) is 0 Å². The van der Waals surface area contributed by atoms with Crippen molar-refractivity contribution in [3.8, 4) is 0 Å². The van der Waals surface area contributed by atoms with Crippen molar-refractivity contribution >= 4 is 12.2 Å². The van der Waals surface area contributed by atoms with Gasteiger partial charge in [-0.2, -0.15) is 0 Å². The van der Waals surface area contributed by atoms with Crippen LogP contribution in [0.5, 0.6) is 0 Å². The Kier molecular flexibility index (Phi) is 6.08. The van der Waals surface area contributed by atoms with Gasteiger partial charge < -0.3 is 20.5 Å². The molecule has 0 spiro atoms. The second-order valence-electron chi connectivity index (χ2n) is 5.09.